The number of aromatic nitrogens is 2. The third kappa shape index (κ3) is 4.31. The average molecular weight is 514 g/mol. The SMILES string of the molecule is COc1ccc(-n2c(C)cc([C@@H]3[C@H](c4ccccn4)NC(=S)N3c3cccc(C)c3)c2C)c([N+](=O)[O-])c1. The molecule has 1 aliphatic heterocycles. The summed E-state index contributed by atoms with van der Waals surface area (Å²) in [4.78, 5) is 18.4. The van der Waals surface area contributed by atoms with Crippen molar-refractivity contribution in [3.8, 4) is 11.4 Å². The molecule has 2 aromatic heterocycles. The van der Waals surface area contributed by atoms with Gasteiger partial charge >= 0.3 is 0 Å². The lowest BCUT2D eigenvalue weighted by Crippen LogP contribution is -2.29. The third-order valence-corrected chi connectivity index (χ3v) is 7.10. The predicted molar refractivity (Wildman–Crippen MR) is 148 cm³/mol. The molecule has 0 bridgehead atoms. The van der Waals surface area contributed by atoms with E-state index in [1.54, 1.807) is 18.3 Å². The maximum absolute atomic E-state index is 12.0. The van der Waals surface area contributed by atoms with E-state index in [4.69, 9.17) is 17.0 Å². The van der Waals surface area contributed by atoms with Gasteiger partial charge in [0.15, 0.2) is 5.11 Å². The third-order valence-electron chi connectivity index (χ3n) is 6.79. The first-order valence-corrected chi connectivity index (χ1v) is 12.3. The lowest BCUT2D eigenvalue weighted by molar-refractivity contribution is -0.384. The lowest BCUT2D eigenvalue weighted by atomic mass is 9.96. The van der Waals surface area contributed by atoms with Crippen molar-refractivity contribution in [1.29, 1.82) is 0 Å². The molecule has 188 valence electrons. The number of pyridine rings is 1. The molecule has 1 aliphatic rings. The standard InChI is InChI=1S/C28H27N5O3S/c1-17-8-7-9-20(14-17)32-27(26(30-28(32)37)23-10-5-6-13-29-23)22-15-18(2)31(19(22)3)24-12-11-21(36-4)16-25(24)33(34)35/h5-16,26-27H,1-4H3,(H,30,37)/t26-,27+/m0/s1. The quantitative estimate of drug-likeness (QED) is 0.195. The second-order valence-electron chi connectivity index (χ2n) is 9.11. The maximum atomic E-state index is 12.0. The maximum Gasteiger partial charge on any atom is 0.296 e. The van der Waals surface area contributed by atoms with Crippen molar-refractivity contribution in [2.24, 2.45) is 0 Å². The first kappa shape index (κ1) is 24.5. The Hall–Kier alpha value is -4.24. The number of nitro groups is 1. The van der Waals surface area contributed by atoms with E-state index in [-0.39, 0.29) is 22.7 Å². The number of hydrogen-bond donors (Lipinski definition) is 1. The van der Waals surface area contributed by atoms with Gasteiger partial charge in [0.05, 0.1) is 35.9 Å². The molecule has 2 aromatic carbocycles. The molecule has 0 amide bonds. The summed E-state index contributed by atoms with van der Waals surface area (Å²) in [5.41, 5.74) is 6.20. The van der Waals surface area contributed by atoms with Gasteiger partial charge in [-0.05, 0) is 86.6 Å². The van der Waals surface area contributed by atoms with E-state index in [0.29, 0.717) is 16.5 Å². The minimum atomic E-state index is -0.377. The molecule has 5 rings (SSSR count). The summed E-state index contributed by atoms with van der Waals surface area (Å²) >= 11 is 5.86. The van der Waals surface area contributed by atoms with Gasteiger partial charge in [0.25, 0.3) is 5.69 Å². The molecule has 1 N–H and O–H groups in total. The van der Waals surface area contributed by atoms with E-state index in [1.807, 2.05) is 48.7 Å². The van der Waals surface area contributed by atoms with Crippen LogP contribution in [0.25, 0.3) is 5.69 Å². The molecule has 9 heteroatoms. The highest BCUT2D eigenvalue weighted by Crippen LogP contribution is 2.44. The Balaban J connectivity index is 1.71. The predicted octanol–water partition coefficient (Wildman–Crippen LogP) is 5.89. The van der Waals surface area contributed by atoms with Gasteiger partial charge in [0.2, 0.25) is 0 Å². The summed E-state index contributed by atoms with van der Waals surface area (Å²) in [6.45, 7) is 6.00. The first-order valence-electron chi connectivity index (χ1n) is 11.9. The van der Waals surface area contributed by atoms with Crippen molar-refractivity contribution in [1.82, 2.24) is 14.9 Å². The Labute approximate surface area is 220 Å². The van der Waals surface area contributed by atoms with Gasteiger partial charge in [-0.3, -0.25) is 15.1 Å². The molecule has 2 atom stereocenters. The van der Waals surface area contributed by atoms with Crippen LogP contribution in [0.15, 0.2) is 72.9 Å². The van der Waals surface area contributed by atoms with Gasteiger partial charge < -0.3 is 19.5 Å². The lowest BCUT2D eigenvalue weighted by Gasteiger charge is -2.28. The number of nitro benzene ring substituents is 1. The average Bonchev–Trinajstić information content (AvgIpc) is 3.39. The molecule has 0 unspecified atom stereocenters. The number of nitrogens with one attached hydrogen (secondary N) is 1. The van der Waals surface area contributed by atoms with Gasteiger partial charge in [-0.25, -0.2) is 0 Å². The smallest absolute Gasteiger partial charge is 0.296 e. The highest BCUT2D eigenvalue weighted by Gasteiger charge is 2.42. The van der Waals surface area contributed by atoms with Gasteiger partial charge in [-0.15, -0.1) is 0 Å². The van der Waals surface area contributed by atoms with Crippen molar-refractivity contribution < 1.29 is 9.66 Å². The summed E-state index contributed by atoms with van der Waals surface area (Å²) in [5, 5.41) is 16.1. The van der Waals surface area contributed by atoms with E-state index in [0.717, 1.165) is 33.9 Å². The summed E-state index contributed by atoms with van der Waals surface area (Å²) < 4.78 is 7.17. The van der Waals surface area contributed by atoms with Crippen molar-refractivity contribution in [3.63, 3.8) is 0 Å². The van der Waals surface area contributed by atoms with Crippen LogP contribution in [0.5, 0.6) is 5.75 Å². The van der Waals surface area contributed by atoms with Crippen molar-refractivity contribution in [2.45, 2.75) is 32.9 Å². The highest BCUT2D eigenvalue weighted by molar-refractivity contribution is 7.80. The number of benzene rings is 2. The summed E-state index contributed by atoms with van der Waals surface area (Å²) in [6.07, 6.45) is 1.77. The van der Waals surface area contributed by atoms with E-state index >= 15 is 0 Å². The fraction of sp³-hybridized carbons (Fsp3) is 0.214. The number of nitrogens with zero attached hydrogens (tertiary/aromatic N) is 4. The molecular weight excluding hydrogens is 486 g/mol. The number of anilines is 1. The Morgan fingerprint density at radius 3 is 2.54 bits per heavy atom. The topological polar surface area (TPSA) is 85.5 Å². The molecule has 3 heterocycles. The molecule has 4 aromatic rings. The van der Waals surface area contributed by atoms with E-state index in [9.17, 15) is 10.1 Å². The van der Waals surface area contributed by atoms with Crippen LogP contribution in [-0.2, 0) is 0 Å². The van der Waals surface area contributed by atoms with Crippen molar-refractivity contribution in [3.05, 3.63) is 111 Å². The zero-order chi connectivity index (χ0) is 26.3. The molecule has 0 saturated carbocycles. The summed E-state index contributed by atoms with van der Waals surface area (Å²) in [5.74, 6) is 0.435. The first-order chi connectivity index (χ1) is 17.8. The number of thiocarbonyl (C=S) groups is 1. The van der Waals surface area contributed by atoms with Crippen LogP contribution in [-0.4, -0.2) is 26.7 Å². The Morgan fingerprint density at radius 1 is 1.05 bits per heavy atom. The van der Waals surface area contributed by atoms with Gasteiger partial charge in [0.1, 0.15) is 11.4 Å². The van der Waals surface area contributed by atoms with Gasteiger partial charge in [-0.1, -0.05) is 18.2 Å². The van der Waals surface area contributed by atoms with E-state index in [2.05, 4.69) is 40.3 Å². The Morgan fingerprint density at radius 2 is 1.86 bits per heavy atom. The summed E-state index contributed by atoms with van der Waals surface area (Å²) in [7, 11) is 1.50. The van der Waals surface area contributed by atoms with Crippen molar-refractivity contribution >= 4 is 28.7 Å². The zero-order valence-electron chi connectivity index (χ0n) is 21.0. The Kier molecular flexibility index (Phi) is 6.39. The second kappa shape index (κ2) is 9.67. The number of rotatable bonds is 6. The monoisotopic (exact) mass is 513 g/mol. The fourth-order valence-electron chi connectivity index (χ4n) is 5.15. The minimum absolute atomic E-state index is 0.0235. The minimum Gasteiger partial charge on any atom is -0.496 e. The van der Waals surface area contributed by atoms with E-state index < -0.39 is 0 Å². The normalized spacial score (nSPS) is 17.1. The van der Waals surface area contributed by atoms with Crippen LogP contribution in [0.1, 0.15) is 40.3 Å². The van der Waals surface area contributed by atoms with Crippen LogP contribution < -0.4 is 15.0 Å². The summed E-state index contributed by atoms with van der Waals surface area (Å²) in [6, 6.07) is 20.6. The second-order valence-corrected chi connectivity index (χ2v) is 9.50. The largest absolute Gasteiger partial charge is 0.496 e. The van der Waals surface area contributed by atoms with Crippen LogP contribution in [0.3, 0.4) is 0 Å². The van der Waals surface area contributed by atoms with Crippen LogP contribution in [0, 0.1) is 30.9 Å². The van der Waals surface area contributed by atoms with Crippen LogP contribution in [0.4, 0.5) is 11.4 Å². The fourth-order valence-corrected chi connectivity index (χ4v) is 5.50. The molecule has 0 aliphatic carbocycles. The highest BCUT2D eigenvalue weighted by atomic mass is 32.1. The molecule has 0 radical (unpaired) electrons. The Bertz CT molecular complexity index is 1500. The number of methoxy groups -OCH3 is 1. The number of ether oxygens (including phenoxy) is 1. The van der Waals surface area contributed by atoms with Gasteiger partial charge in [-0.2, -0.15) is 0 Å². The van der Waals surface area contributed by atoms with Crippen LogP contribution >= 0.6 is 12.2 Å². The zero-order valence-corrected chi connectivity index (χ0v) is 21.8. The molecule has 1 fully saturated rings. The molecule has 8 nitrogen and oxygen atoms in total. The van der Waals surface area contributed by atoms with Crippen molar-refractivity contribution in [2.75, 3.05) is 12.0 Å². The van der Waals surface area contributed by atoms with Crippen LogP contribution in [0.2, 0.25) is 0 Å². The molecular formula is C28H27N5O3S. The van der Waals surface area contributed by atoms with E-state index in [1.165, 1.54) is 13.2 Å². The number of aryl methyl sites for hydroxylation is 2. The molecule has 37 heavy (non-hydrogen) atoms. The molecule has 1 saturated heterocycles. The van der Waals surface area contributed by atoms with Gasteiger partial charge in [0, 0.05) is 23.3 Å². The number of hydrogen-bond acceptors (Lipinski definition) is 5. The molecule has 0 spiro atoms.